The molecule has 0 aliphatic rings. The number of amides is 1. The molecule has 1 aromatic carbocycles. The molecule has 0 bridgehead atoms. The van der Waals surface area contributed by atoms with Gasteiger partial charge < -0.3 is 10.0 Å². The van der Waals surface area contributed by atoms with Crippen LogP contribution in [0.25, 0.3) is 0 Å². The Morgan fingerprint density at radius 3 is 2.36 bits per heavy atom. The predicted octanol–water partition coefficient (Wildman–Crippen LogP) is 3.40. The largest absolute Gasteiger partial charge is 0.395 e. The average Bonchev–Trinajstić information content (AvgIpc) is 3.00. The van der Waals surface area contributed by atoms with Crippen LogP contribution in [0.4, 0.5) is 0 Å². The third kappa shape index (κ3) is 4.69. The number of hydrogen-bond acceptors (Lipinski definition) is 3. The van der Waals surface area contributed by atoms with Crippen LogP contribution in [0.5, 0.6) is 0 Å². The van der Waals surface area contributed by atoms with Gasteiger partial charge in [-0.05, 0) is 38.3 Å². The number of nitrogens with zero attached hydrogens (tertiary/aromatic N) is 3. The maximum Gasteiger partial charge on any atom is 0.274 e. The Morgan fingerprint density at radius 2 is 1.88 bits per heavy atom. The fraction of sp³-hybridized carbons (Fsp3) is 0.500. The first kappa shape index (κ1) is 19.2. The van der Waals surface area contributed by atoms with E-state index in [0.717, 1.165) is 11.3 Å². The summed E-state index contributed by atoms with van der Waals surface area (Å²) in [6.45, 7) is 11.1. The summed E-state index contributed by atoms with van der Waals surface area (Å²) in [5.74, 6) is 0.122. The van der Waals surface area contributed by atoms with Crippen LogP contribution in [-0.4, -0.2) is 38.8 Å². The normalized spacial score (nSPS) is 11.8. The van der Waals surface area contributed by atoms with Crippen LogP contribution < -0.4 is 0 Å². The molecular formula is C20H29N3O2. The van der Waals surface area contributed by atoms with Crippen molar-refractivity contribution in [3.8, 4) is 0 Å². The minimum absolute atomic E-state index is 0.0738. The van der Waals surface area contributed by atoms with Gasteiger partial charge in [0.1, 0.15) is 0 Å². The van der Waals surface area contributed by atoms with E-state index in [1.807, 2.05) is 41.1 Å². The van der Waals surface area contributed by atoms with E-state index in [9.17, 15) is 9.90 Å². The summed E-state index contributed by atoms with van der Waals surface area (Å²) < 4.78 is 1.94. The lowest BCUT2D eigenvalue weighted by molar-refractivity contribution is 0.0700. The van der Waals surface area contributed by atoms with Crippen molar-refractivity contribution in [1.82, 2.24) is 14.7 Å². The molecule has 5 heteroatoms. The number of carbonyl (C=O) groups is 1. The van der Waals surface area contributed by atoms with Crippen molar-refractivity contribution in [2.75, 3.05) is 13.2 Å². The van der Waals surface area contributed by atoms with E-state index < -0.39 is 0 Å². The quantitative estimate of drug-likeness (QED) is 0.874. The van der Waals surface area contributed by atoms with E-state index in [1.54, 1.807) is 4.90 Å². The van der Waals surface area contributed by atoms with Gasteiger partial charge in [0.15, 0.2) is 5.69 Å². The van der Waals surface area contributed by atoms with Crippen molar-refractivity contribution < 1.29 is 9.90 Å². The zero-order valence-electron chi connectivity index (χ0n) is 15.9. The van der Waals surface area contributed by atoms with Gasteiger partial charge in [-0.15, -0.1) is 0 Å². The molecule has 0 saturated carbocycles. The molecule has 0 aliphatic heterocycles. The molecule has 1 amide bonds. The first-order valence-electron chi connectivity index (χ1n) is 8.78. The van der Waals surface area contributed by atoms with Crippen LogP contribution in [0, 0.1) is 0 Å². The Morgan fingerprint density at radius 1 is 1.24 bits per heavy atom. The Kier molecular flexibility index (Phi) is 6.01. The summed E-state index contributed by atoms with van der Waals surface area (Å²) in [5, 5.41) is 14.0. The summed E-state index contributed by atoms with van der Waals surface area (Å²) in [6, 6.07) is 11.7. The van der Waals surface area contributed by atoms with E-state index in [2.05, 4.69) is 39.7 Å². The molecule has 2 rings (SSSR count). The van der Waals surface area contributed by atoms with Gasteiger partial charge in [0.2, 0.25) is 0 Å². The standard InChI is InChI=1S/C20H29N3O2/c1-15(2)18-13-17(21-23(18)20(3,4)5)19(25)22(11-12-24)14-16-9-7-6-8-10-16/h6-10,13,15,24H,11-12,14H2,1-5H3. The molecule has 0 fully saturated rings. The Bertz CT molecular complexity index is 699. The summed E-state index contributed by atoms with van der Waals surface area (Å²) in [5.41, 5.74) is 2.31. The van der Waals surface area contributed by atoms with E-state index in [0.29, 0.717) is 12.2 Å². The van der Waals surface area contributed by atoms with E-state index >= 15 is 0 Å². The predicted molar refractivity (Wildman–Crippen MR) is 99.6 cm³/mol. The molecule has 0 spiro atoms. The van der Waals surface area contributed by atoms with Gasteiger partial charge in [0, 0.05) is 18.8 Å². The van der Waals surface area contributed by atoms with Crippen LogP contribution in [0.2, 0.25) is 0 Å². The Labute approximate surface area is 150 Å². The molecular weight excluding hydrogens is 314 g/mol. The highest BCUT2D eigenvalue weighted by atomic mass is 16.3. The van der Waals surface area contributed by atoms with Gasteiger partial charge in [0.25, 0.3) is 5.91 Å². The van der Waals surface area contributed by atoms with Crippen molar-refractivity contribution in [2.45, 2.75) is 52.6 Å². The van der Waals surface area contributed by atoms with Crippen molar-refractivity contribution in [3.63, 3.8) is 0 Å². The summed E-state index contributed by atoms with van der Waals surface area (Å²) in [4.78, 5) is 14.6. The maximum absolute atomic E-state index is 13.0. The Balaban J connectivity index is 2.33. The van der Waals surface area contributed by atoms with Gasteiger partial charge in [-0.3, -0.25) is 9.48 Å². The first-order valence-corrected chi connectivity index (χ1v) is 8.78. The average molecular weight is 343 g/mol. The maximum atomic E-state index is 13.0. The van der Waals surface area contributed by atoms with Crippen molar-refractivity contribution in [2.24, 2.45) is 0 Å². The minimum Gasteiger partial charge on any atom is -0.395 e. The SMILES string of the molecule is CC(C)c1cc(C(=O)N(CCO)Cc2ccccc2)nn1C(C)(C)C. The van der Waals surface area contributed by atoms with Crippen molar-refractivity contribution in [3.05, 3.63) is 53.3 Å². The van der Waals surface area contributed by atoms with Crippen LogP contribution in [0.15, 0.2) is 36.4 Å². The second kappa shape index (κ2) is 7.83. The summed E-state index contributed by atoms with van der Waals surface area (Å²) in [6.07, 6.45) is 0. The van der Waals surface area contributed by atoms with Crippen LogP contribution in [0.1, 0.15) is 62.3 Å². The first-order chi connectivity index (χ1) is 11.7. The van der Waals surface area contributed by atoms with E-state index in [4.69, 9.17) is 0 Å². The van der Waals surface area contributed by atoms with E-state index in [1.165, 1.54) is 0 Å². The fourth-order valence-corrected chi connectivity index (χ4v) is 2.79. The number of rotatable bonds is 6. The van der Waals surface area contributed by atoms with Crippen molar-refractivity contribution in [1.29, 1.82) is 0 Å². The summed E-state index contributed by atoms with van der Waals surface area (Å²) >= 11 is 0. The third-order valence-electron chi connectivity index (χ3n) is 4.06. The fourth-order valence-electron chi connectivity index (χ4n) is 2.79. The molecule has 0 unspecified atom stereocenters. The van der Waals surface area contributed by atoms with Crippen LogP contribution in [-0.2, 0) is 12.1 Å². The van der Waals surface area contributed by atoms with Gasteiger partial charge in [-0.1, -0.05) is 44.2 Å². The van der Waals surface area contributed by atoms with Crippen LogP contribution in [0.3, 0.4) is 0 Å². The number of hydrogen-bond donors (Lipinski definition) is 1. The molecule has 0 aliphatic carbocycles. The number of benzene rings is 1. The lowest BCUT2D eigenvalue weighted by Gasteiger charge is -2.24. The third-order valence-corrected chi connectivity index (χ3v) is 4.06. The minimum atomic E-state index is -0.195. The van der Waals surface area contributed by atoms with Gasteiger partial charge in [-0.25, -0.2) is 0 Å². The molecule has 0 atom stereocenters. The molecule has 0 radical (unpaired) electrons. The molecule has 1 N–H and O–H groups in total. The highest BCUT2D eigenvalue weighted by Gasteiger charge is 2.26. The number of aliphatic hydroxyl groups is 1. The lowest BCUT2D eigenvalue weighted by atomic mass is 10.1. The molecule has 136 valence electrons. The molecule has 1 heterocycles. The zero-order valence-corrected chi connectivity index (χ0v) is 15.9. The molecule has 0 saturated heterocycles. The molecule has 25 heavy (non-hydrogen) atoms. The zero-order chi connectivity index (χ0) is 18.6. The smallest absolute Gasteiger partial charge is 0.274 e. The molecule has 5 nitrogen and oxygen atoms in total. The van der Waals surface area contributed by atoms with E-state index in [-0.39, 0.29) is 30.5 Å². The van der Waals surface area contributed by atoms with Crippen molar-refractivity contribution >= 4 is 5.91 Å². The monoisotopic (exact) mass is 343 g/mol. The van der Waals surface area contributed by atoms with Gasteiger partial charge in [-0.2, -0.15) is 5.10 Å². The van der Waals surface area contributed by atoms with Crippen LogP contribution >= 0.6 is 0 Å². The Hall–Kier alpha value is -2.14. The number of carbonyl (C=O) groups excluding carboxylic acids is 1. The second-order valence-electron chi connectivity index (χ2n) is 7.63. The highest BCUT2D eigenvalue weighted by Crippen LogP contribution is 2.24. The van der Waals surface area contributed by atoms with Gasteiger partial charge in [0.05, 0.1) is 12.1 Å². The highest BCUT2D eigenvalue weighted by molar-refractivity contribution is 5.92. The second-order valence-corrected chi connectivity index (χ2v) is 7.63. The topological polar surface area (TPSA) is 58.4 Å². The lowest BCUT2D eigenvalue weighted by Crippen LogP contribution is -2.34. The molecule has 2 aromatic rings. The number of aliphatic hydroxyl groups excluding tert-OH is 1. The summed E-state index contributed by atoms with van der Waals surface area (Å²) in [7, 11) is 0. The van der Waals surface area contributed by atoms with Gasteiger partial charge >= 0.3 is 0 Å². The number of aromatic nitrogens is 2. The molecule has 1 aromatic heterocycles.